The molecule has 3 aromatic rings. The number of nitrogens with one attached hydrogen (secondary N) is 1. The Morgan fingerprint density at radius 1 is 1.15 bits per heavy atom. The quantitative estimate of drug-likeness (QED) is 0.464. The predicted octanol–water partition coefficient (Wildman–Crippen LogP) is 4.86. The molecule has 1 saturated carbocycles. The standard InChI is InChI=1S/C26H27FN2O4S/c1-16-8-9-28-24(10-16)25(19-4-5-19)29-26(30)21-13-18(15-33-34(3,31)32)12-20(14-21)23-7-6-22(27)11-17(23)2/h6-14,19,25H,4-5,15H2,1-3H3,(H,29,30)/t25-/m0/s1. The van der Waals surface area contributed by atoms with Crippen LogP contribution >= 0.6 is 0 Å². The lowest BCUT2D eigenvalue weighted by Gasteiger charge is -2.19. The van der Waals surface area contributed by atoms with Crippen molar-refractivity contribution >= 4 is 16.0 Å². The third kappa shape index (κ3) is 6.07. The van der Waals surface area contributed by atoms with Crippen molar-refractivity contribution < 1.29 is 21.8 Å². The molecule has 6 nitrogen and oxygen atoms in total. The van der Waals surface area contributed by atoms with Crippen LogP contribution in [-0.2, 0) is 20.9 Å². The van der Waals surface area contributed by atoms with Crippen molar-refractivity contribution in [2.24, 2.45) is 5.92 Å². The van der Waals surface area contributed by atoms with Crippen LogP contribution in [0.15, 0.2) is 54.7 Å². The number of rotatable bonds is 8. The zero-order chi connectivity index (χ0) is 24.5. The summed E-state index contributed by atoms with van der Waals surface area (Å²) in [6.07, 6.45) is 4.75. The molecule has 0 radical (unpaired) electrons. The maximum Gasteiger partial charge on any atom is 0.264 e. The van der Waals surface area contributed by atoms with Crippen molar-refractivity contribution in [2.45, 2.75) is 39.3 Å². The number of nitrogens with zero attached hydrogens (tertiary/aromatic N) is 1. The van der Waals surface area contributed by atoms with Gasteiger partial charge < -0.3 is 5.32 Å². The molecule has 178 valence electrons. The zero-order valence-corrected chi connectivity index (χ0v) is 20.2. The van der Waals surface area contributed by atoms with Crippen LogP contribution in [0, 0.1) is 25.6 Å². The fraction of sp³-hybridized carbons (Fsp3) is 0.308. The summed E-state index contributed by atoms with van der Waals surface area (Å²) in [6, 6.07) is 13.2. The third-order valence-electron chi connectivity index (χ3n) is 5.83. The summed E-state index contributed by atoms with van der Waals surface area (Å²) >= 11 is 0. The molecule has 0 aliphatic heterocycles. The molecule has 34 heavy (non-hydrogen) atoms. The fourth-order valence-electron chi connectivity index (χ4n) is 4.01. The molecule has 4 rings (SSSR count). The summed E-state index contributed by atoms with van der Waals surface area (Å²) in [5.74, 6) is -0.315. The molecule has 0 bridgehead atoms. The minimum Gasteiger partial charge on any atom is -0.343 e. The first kappa shape index (κ1) is 24.0. The van der Waals surface area contributed by atoms with E-state index in [1.54, 1.807) is 37.4 Å². The molecule has 1 N–H and O–H groups in total. The Morgan fingerprint density at radius 2 is 1.91 bits per heavy atom. The van der Waals surface area contributed by atoms with Crippen LogP contribution in [0.3, 0.4) is 0 Å². The van der Waals surface area contributed by atoms with Crippen molar-refractivity contribution in [3.63, 3.8) is 0 Å². The lowest BCUT2D eigenvalue weighted by Crippen LogP contribution is -2.30. The molecule has 1 heterocycles. The average Bonchev–Trinajstić information content (AvgIpc) is 3.60. The maximum atomic E-state index is 13.7. The van der Waals surface area contributed by atoms with E-state index in [-0.39, 0.29) is 24.4 Å². The normalized spacial score (nSPS) is 14.6. The van der Waals surface area contributed by atoms with Gasteiger partial charge in [-0.15, -0.1) is 0 Å². The first-order valence-electron chi connectivity index (χ1n) is 11.1. The SMILES string of the molecule is Cc1ccnc([C@@H](NC(=O)c2cc(COS(C)(=O)=O)cc(-c3ccc(F)cc3C)c2)C2CC2)c1. The largest absolute Gasteiger partial charge is 0.343 e. The molecule has 1 atom stereocenters. The van der Waals surface area contributed by atoms with E-state index >= 15 is 0 Å². The number of aryl methyl sites for hydroxylation is 2. The van der Waals surface area contributed by atoms with Crippen LogP contribution in [-0.4, -0.2) is 25.6 Å². The molecule has 2 aromatic carbocycles. The Labute approximate surface area is 199 Å². The van der Waals surface area contributed by atoms with Gasteiger partial charge in [-0.3, -0.25) is 14.0 Å². The first-order valence-corrected chi connectivity index (χ1v) is 12.9. The predicted molar refractivity (Wildman–Crippen MR) is 128 cm³/mol. The maximum absolute atomic E-state index is 13.7. The zero-order valence-electron chi connectivity index (χ0n) is 19.3. The van der Waals surface area contributed by atoms with Crippen LogP contribution in [0.4, 0.5) is 4.39 Å². The number of carbonyl (C=O) groups excluding carboxylic acids is 1. The van der Waals surface area contributed by atoms with E-state index < -0.39 is 10.1 Å². The highest BCUT2D eigenvalue weighted by molar-refractivity contribution is 7.85. The topological polar surface area (TPSA) is 85.4 Å². The number of benzene rings is 2. The minimum atomic E-state index is -3.67. The second-order valence-electron chi connectivity index (χ2n) is 8.89. The van der Waals surface area contributed by atoms with Crippen molar-refractivity contribution in [1.82, 2.24) is 10.3 Å². The number of halogens is 1. The molecular formula is C26H27FN2O4S. The van der Waals surface area contributed by atoms with E-state index in [1.807, 2.05) is 19.1 Å². The number of pyridine rings is 1. The number of aromatic nitrogens is 1. The van der Waals surface area contributed by atoms with Gasteiger partial charge in [0.1, 0.15) is 5.82 Å². The van der Waals surface area contributed by atoms with Crippen molar-refractivity contribution in [2.75, 3.05) is 6.26 Å². The molecule has 0 saturated heterocycles. The molecular weight excluding hydrogens is 455 g/mol. The lowest BCUT2D eigenvalue weighted by atomic mass is 9.96. The molecule has 0 unspecified atom stereocenters. The van der Waals surface area contributed by atoms with E-state index in [1.165, 1.54) is 12.1 Å². The first-order chi connectivity index (χ1) is 16.1. The van der Waals surface area contributed by atoms with Crippen molar-refractivity contribution in [3.05, 3.63) is 88.5 Å². The van der Waals surface area contributed by atoms with Gasteiger partial charge in [0.15, 0.2) is 0 Å². The van der Waals surface area contributed by atoms with E-state index in [9.17, 15) is 17.6 Å². The van der Waals surface area contributed by atoms with Gasteiger partial charge in [0, 0.05) is 11.8 Å². The molecule has 1 aliphatic rings. The van der Waals surface area contributed by atoms with Crippen LogP contribution < -0.4 is 5.32 Å². The summed E-state index contributed by atoms with van der Waals surface area (Å²) in [6.45, 7) is 3.56. The molecule has 1 aliphatic carbocycles. The summed E-state index contributed by atoms with van der Waals surface area (Å²) in [5, 5.41) is 3.12. The highest BCUT2D eigenvalue weighted by atomic mass is 32.2. The summed E-state index contributed by atoms with van der Waals surface area (Å²) in [4.78, 5) is 17.8. The van der Waals surface area contributed by atoms with Gasteiger partial charge in [-0.05, 0) is 103 Å². The summed E-state index contributed by atoms with van der Waals surface area (Å²) in [7, 11) is -3.67. The van der Waals surface area contributed by atoms with E-state index in [0.717, 1.165) is 35.9 Å². The van der Waals surface area contributed by atoms with Crippen molar-refractivity contribution in [1.29, 1.82) is 0 Å². The molecule has 1 fully saturated rings. The van der Waals surface area contributed by atoms with E-state index in [2.05, 4.69) is 10.3 Å². The Morgan fingerprint density at radius 3 is 2.56 bits per heavy atom. The monoisotopic (exact) mass is 482 g/mol. The Hall–Kier alpha value is -3.10. The highest BCUT2D eigenvalue weighted by Gasteiger charge is 2.34. The molecule has 1 amide bonds. The van der Waals surface area contributed by atoms with Gasteiger partial charge >= 0.3 is 0 Å². The van der Waals surface area contributed by atoms with E-state index in [4.69, 9.17) is 4.18 Å². The number of carbonyl (C=O) groups is 1. The number of amides is 1. The number of hydrogen-bond acceptors (Lipinski definition) is 5. The fourth-order valence-corrected chi connectivity index (χ4v) is 4.36. The molecule has 8 heteroatoms. The van der Waals surface area contributed by atoms with Gasteiger partial charge in [0.2, 0.25) is 0 Å². The Balaban J connectivity index is 1.69. The smallest absolute Gasteiger partial charge is 0.264 e. The van der Waals surface area contributed by atoms with Crippen LogP contribution in [0.5, 0.6) is 0 Å². The van der Waals surface area contributed by atoms with E-state index in [0.29, 0.717) is 28.2 Å². The highest BCUT2D eigenvalue weighted by Crippen LogP contribution is 2.40. The number of hydrogen-bond donors (Lipinski definition) is 1. The Kier molecular flexibility index (Phi) is 6.81. The van der Waals surface area contributed by atoms with Gasteiger partial charge in [-0.2, -0.15) is 8.42 Å². The van der Waals surface area contributed by atoms with Gasteiger partial charge in [-0.1, -0.05) is 6.07 Å². The summed E-state index contributed by atoms with van der Waals surface area (Å²) in [5.41, 5.74) is 4.90. The van der Waals surface area contributed by atoms with Crippen molar-refractivity contribution in [3.8, 4) is 11.1 Å². The van der Waals surface area contributed by atoms with Crippen LogP contribution in [0.25, 0.3) is 11.1 Å². The molecule has 1 aromatic heterocycles. The summed E-state index contributed by atoms with van der Waals surface area (Å²) < 4.78 is 41.7. The average molecular weight is 483 g/mol. The van der Waals surface area contributed by atoms with Gasteiger partial charge in [0.25, 0.3) is 16.0 Å². The van der Waals surface area contributed by atoms with Gasteiger partial charge in [0.05, 0.1) is 24.6 Å². The molecule has 0 spiro atoms. The van der Waals surface area contributed by atoms with Gasteiger partial charge in [-0.25, -0.2) is 4.39 Å². The second-order valence-corrected chi connectivity index (χ2v) is 10.5. The van der Waals surface area contributed by atoms with Crippen LogP contribution in [0.2, 0.25) is 0 Å². The lowest BCUT2D eigenvalue weighted by molar-refractivity contribution is 0.0930. The Bertz CT molecular complexity index is 1340. The second kappa shape index (κ2) is 9.64. The van der Waals surface area contributed by atoms with Crippen LogP contribution in [0.1, 0.15) is 51.6 Å². The minimum absolute atomic E-state index is 0.209. The third-order valence-corrected chi connectivity index (χ3v) is 6.38.